The van der Waals surface area contributed by atoms with Crippen molar-refractivity contribution in [3.63, 3.8) is 0 Å². The van der Waals surface area contributed by atoms with E-state index in [-0.39, 0.29) is 41.9 Å². The third-order valence-electron chi connectivity index (χ3n) is 4.73. The number of halogens is 1. The van der Waals surface area contributed by atoms with E-state index in [1.165, 1.54) is 45.0 Å². The highest BCUT2D eigenvalue weighted by Crippen LogP contribution is 2.24. The van der Waals surface area contributed by atoms with Crippen molar-refractivity contribution in [3.8, 4) is 0 Å². The third kappa shape index (κ3) is 4.84. The Bertz CT molecular complexity index is 1130. The number of nitrogens with one attached hydrogen (secondary N) is 1. The van der Waals surface area contributed by atoms with E-state index >= 15 is 0 Å². The van der Waals surface area contributed by atoms with Crippen LogP contribution < -0.4 is 5.32 Å². The second-order valence-electron chi connectivity index (χ2n) is 6.69. The fourth-order valence-electron chi connectivity index (χ4n) is 3.04. The Labute approximate surface area is 181 Å². The molecule has 11 heteroatoms. The van der Waals surface area contributed by atoms with Crippen molar-refractivity contribution in [1.82, 2.24) is 8.61 Å². The van der Waals surface area contributed by atoms with Crippen molar-refractivity contribution in [2.45, 2.75) is 23.1 Å². The number of amides is 1. The Balaban J connectivity index is 1.70. The summed E-state index contributed by atoms with van der Waals surface area (Å²) in [6.45, 7) is 1.88. The molecule has 0 saturated carbocycles. The molecule has 162 valence electrons. The topological polar surface area (TPSA) is 104 Å². The lowest BCUT2D eigenvalue weighted by atomic mass is 10.3. The van der Waals surface area contributed by atoms with Gasteiger partial charge in [0.25, 0.3) is 0 Å². The number of sulfonamides is 2. The van der Waals surface area contributed by atoms with Gasteiger partial charge >= 0.3 is 0 Å². The van der Waals surface area contributed by atoms with Crippen LogP contribution in [0.4, 0.5) is 5.69 Å². The van der Waals surface area contributed by atoms with E-state index in [4.69, 9.17) is 11.6 Å². The molecule has 1 aliphatic heterocycles. The minimum Gasteiger partial charge on any atom is -0.326 e. The molecule has 0 radical (unpaired) electrons. The molecule has 0 aromatic heterocycles. The van der Waals surface area contributed by atoms with Gasteiger partial charge in [0.05, 0.1) is 9.79 Å². The first-order chi connectivity index (χ1) is 14.1. The van der Waals surface area contributed by atoms with Crippen LogP contribution in [0.1, 0.15) is 13.3 Å². The van der Waals surface area contributed by atoms with Gasteiger partial charge in [0.15, 0.2) is 0 Å². The van der Waals surface area contributed by atoms with Crippen molar-refractivity contribution in [2.75, 3.05) is 31.5 Å². The van der Waals surface area contributed by atoms with Gasteiger partial charge in [-0.3, -0.25) is 4.79 Å². The van der Waals surface area contributed by atoms with E-state index in [1.807, 2.05) is 0 Å². The first-order valence-electron chi connectivity index (χ1n) is 9.30. The summed E-state index contributed by atoms with van der Waals surface area (Å²) in [6.07, 6.45) is 0.322. The number of hydrogen-bond donors (Lipinski definition) is 1. The molecule has 3 rings (SSSR count). The fourth-order valence-corrected chi connectivity index (χ4v) is 6.18. The maximum atomic E-state index is 12.9. The maximum Gasteiger partial charge on any atom is 0.243 e. The SMILES string of the molecule is CCC(=O)Nc1ccc(S(=O)(=O)N2CCN(S(=O)(=O)c3cccc(Cl)c3)CC2)cc1. The van der Waals surface area contributed by atoms with Crippen molar-refractivity contribution in [3.05, 3.63) is 53.6 Å². The molecule has 0 unspecified atom stereocenters. The average Bonchev–Trinajstić information content (AvgIpc) is 2.74. The molecule has 2 aromatic rings. The van der Waals surface area contributed by atoms with Crippen molar-refractivity contribution >= 4 is 43.2 Å². The number of nitrogens with zero attached hydrogens (tertiary/aromatic N) is 2. The van der Waals surface area contributed by atoms with Crippen LogP contribution in [-0.4, -0.2) is 57.5 Å². The number of anilines is 1. The van der Waals surface area contributed by atoms with Gasteiger partial charge in [-0.1, -0.05) is 24.6 Å². The predicted octanol–water partition coefficient (Wildman–Crippen LogP) is 2.38. The molecule has 2 aromatic carbocycles. The van der Waals surface area contributed by atoms with Crippen LogP contribution in [0.5, 0.6) is 0 Å². The third-order valence-corrected chi connectivity index (χ3v) is 8.77. The molecule has 1 saturated heterocycles. The minimum absolute atomic E-state index is 0.0381. The number of benzene rings is 2. The van der Waals surface area contributed by atoms with Crippen LogP contribution >= 0.6 is 11.6 Å². The van der Waals surface area contributed by atoms with Crippen LogP contribution in [0.25, 0.3) is 0 Å². The molecule has 1 heterocycles. The van der Waals surface area contributed by atoms with Gasteiger partial charge < -0.3 is 5.32 Å². The average molecular weight is 472 g/mol. The Morgan fingerprint density at radius 1 is 0.900 bits per heavy atom. The smallest absolute Gasteiger partial charge is 0.243 e. The minimum atomic E-state index is -3.78. The van der Waals surface area contributed by atoms with Crippen LogP contribution in [0.3, 0.4) is 0 Å². The number of hydrogen-bond acceptors (Lipinski definition) is 5. The van der Waals surface area contributed by atoms with Crippen molar-refractivity contribution in [2.24, 2.45) is 0 Å². The monoisotopic (exact) mass is 471 g/mol. The molecule has 0 bridgehead atoms. The molecular formula is C19H22ClN3O5S2. The van der Waals surface area contributed by atoms with E-state index in [2.05, 4.69) is 5.32 Å². The second-order valence-corrected chi connectivity index (χ2v) is 11.0. The number of rotatable bonds is 6. The zero-order valence-electron chi connectivity index (χ0n) is 16.3. The summed E-state index contributed by atoms with van der Waals surface area (Å²) in [5, 5.41) is 2.98. The van der Waals surface area contributed by atoms with E-state index < -0.39 is 20.0 Å². The van der Waals surface area contributed by atoms with Gasteiger partial charge in [-0.2, -0.15) is 8.61 Å². The Kier molecular flexibility index (Phi) is 6.83. The number of carbonyl (C=O) groups excluding carboxylic acids is 1. The largest absolute Gasteiger partial charge is 0.326 e. The molecular weight excluding hydrogens is 450 g/mol. The van der Waals surface area contributed by atoms with Gasteiger partial charge in [-0.25, -0.2) is 16.8 Å². The number of piperazine rings is 1. The normalized spacial score (nSPS) is 16.3. The zero-order valence-corrected chi connectivity index (χ0v) is 18.7. The molecule has 1 aliphatic rings. The molecule has 8 nitrogen and oxygen atoms in total. The highest BCUT2D eigenvalue weighted by molar-refractivity contribution is 7.89. The Morgan fingerprint density at radius 3 is 1.93 bits per heavy atom. The van der Waals surface area contributed by atoms with Crippen molar-refractivity contribution < 1.29 is 21.6 Å². The Hall–Kier alpha value is -1.98. The summed E-state index contributed by atoms with van der Waals surface area (Å²) in [7, 11) is -7.53. The van der Waals surface area contributed by atoms with Gasteiger partial charge in [-0.15, -0.1) is 0 Å². The van der Waals surface area contributed by atoms with Gasteiger partial charge in [0.1, 0.15) is 0 Å². The lowest BCUT2D eigenvalue weighted by molar-refractivity contribution is -0.115. The molecule has 30 heavy (non-hydrogen) atoms. The van der Waals surface area contributed by atoms with Crippen LogP contribution in [0.15, 0.2) is 58.3 Å². The van der Waals surface area contributed by atoms with E-state index in [9.17, 15) is 21.6 Å². The zero-order chi connectivity index (χ0) is 21.9. The summed E-state index contributed by atoms with van der Waals surface area (Å²) in [5.41, 5.74) is 0.512. The summed E-state index contributed by atoms with van der Waals surface area (Å²) in [5.74, 6) is -0.164. The standard InChI is InChI=1S/C19H22ClN3O5S2/c1-2-19(24)21-16-6-8-17(9-7-16)29(25,26)22-10-12-23(13-11-22)30(27,28)18-5-3-4-15(20)14-18/h3-9,14H,2,10-13H2,1H3,(H,21,24). The van der Waals surface area contributed by atoms with E-state index in [0.717, 1.165) is 0 Å². The van der Waals surface area contributed by atoms with Gasteiger partial charge in [-0.05, 0) is 42.5 Å². The quantitative estimate of drug-likeness (QED) is 0.696. The van der Waals surface area contributed by atoms with Gasteiger partial charge in [0, 0.05) is 43.3 Å². The van der Waals surface area contributed by atoms with E-state index in [0.29, 0.717) is 17.1 Å². The Morgan fingerprint density at radius 2 is 1.43 bits per heavy atom. The highest BCUT2D eigenvalue weighted by Gasteiger charge is 2.33. The summed E-state index contributed by atoms with van der Waals surface area (Å²) >= 11 is 5.89. The molecule has 0 spiro atoms. The van der Waals surface area contributed by atoms with Crippen LogP contribution in [-0.2, 0) is 24.8 Å². The van der Waals surface area contributed by atoms with Crippen LogP contribution in [0.2, 0.25) is 5.02 Å². The number of carbonyl (C=O) groups is 1. The fraction of sp³-hybridized carbons (Fsp3) is 0.316. The lowest BCUT2D eigenvalue weighted by Crippen LogP contribution is -2.50. The second kappa shape index (κ2) is 9.03. The summed E-state index contributed by atoms with van der Waals surface area (Å²) in [6, 6.07) is 11.9. The molecule has 1 amide bonds. The lowest BCUT2D eigenvalue weighted by Gasteiger charge is -2.33. The first-order valence-corrected chi connectivity index (χ1v) is 12.6. The highest BCUT2D eigenvalue weighted by atomic mass is 35.5. The van der Waals surface area contributed by atoms with Gasteiger partial charge in [0.2, 0.25) is 26.0 Å². The molecule has 1 fully saturated rings. The molecule has 0 aliphatic carbocycles. The van der Waals surface area contributed by atoms with Crippen molar-refractivity contribution in [1.29, 1.82) is 0 Å². The van der Waals surface area contributed by atoms with Crippen LogP contribution in [0, 0.1) is 0 Å². The predicted molar refractivity (Wildman–Crippen MR) is 114 cm³/mol. The maximum absolute atomic E-state index is 12.9. The first kappa shape index (κ1) is 22.7. The molecule has 1 N–H and O–H groups in total. The summed E-state index contributed by atoms with van der Waals surface area (Å²) < 4.78 is 53.9. The molecule has 0 atom stereocenters. The van der Waals surface area contributed by atoms with E-state index in [1.54, 1.807) is 19.1 Å². The summed E-state index contributed by atoms with van der Waals surface area (Å²) in [4.78, 5) is 11.6.